The van der Waals surface area contributed by atoms with Crippen LogP contribution in [0, 0.1) is 5.92 Å². The van der Waals surface area contributed by atoms with Gasteiger partial charge in [-0.15, -0.1) is 0 Å². The van der Waals surface area contributed by atoms with E-state index in [1.165, 1.54) is 0 Å². The standard InChI is InChI=1S/C11H12F3N3O3/c12-11(13,14)9-16-3-8(4-17-9)19-5-6-1-7(2-6)20-10(15)18/h3-4,6-7H,1-2,5H2,(H2,15,18). The van der Waals surface area contributed by atoms with Crippen molar-refractivity contribution in [2.24, 2.45) is 11.7 Å². The molecule has 0 unspecified atom stereocenters. The summed E-state index contributed by atoms with van der Waals surface area (Å²) < 4.78 is 46.7. The summed E-state index contributed by atoms with van der Waals surface area (Å²) >= 11 is 0. The highest BCUT2D eigenvalue weighted by atomic mass is 19.4. The number of ether oxygens (including phenoxy) is 2. The minimum atomic E-state index is -4.56. The number of alkyl halides is 3. The molecule has 110 valence electrons. The summed E-state index contributed by atoms with van der Waals surface area (Å²) in [5.41, 5.74) is 4.86. The van der Waals surface area contributed by atoms with Crippen molar-refractivity contribution in [3.63, 3.8) is 0 Å². The molecule has 0 spiro atoms. The van der Waals surface area contributed by atoms with Gasteiger partial charge in [0, 0.05) is 0 Å². The number of rotatable bonds is 4. The fourth-order valence-corrected chi connectivity index (χ4v) is 1.82. The van der Waals surface area contributed by atoms with Gasteiger partial charge >= 0.3 is 12.3 Å². The van der Waals surface area contributed by atoms with Crippen LogP contribution in [0.5, 0.6) is 5.75 Å². The van der Waals surface area contributed by atoms with Gasteiger partial charge in [0.25, 0.3) is 0 Å². The van der Waals surface area contributed by atoms with Gasteiger partial charge in [-0.1, -0.05) is 0 Å². The first-order chi connectivity index (χ1) is 9.34. The van der Waals surface area contributed by atoms with Gasteiger partial charge in [-0.3, -0.25) is 0 Å². The number of amides is 1. The molecule has 1 aromatic rings. The lowest BCUT2D eigenvalue weighted by molar-refractivity contribution is -0.145. The highest BCUT2D eigenvalue weighted by Gasteiger charge is 2.35. The van der Waals surface area contributed by atoms with E-state index in [0.29, 0.717) is 19.4 Å². The third-order valence-electron chi connectivity index (χ3n) is 2.84. The molecule has 0 bridgehead atoms. The Morgan fingerprint density at radius 3 is 2.45 bits per heavy atom. The van der Waals surface area contributed by atoms with Crippen molar-refractivity contribution < 1.29 is 27.4 Å². The van der Waals surface area contributed by atoms with Gasteiger partial charge in [0.2, 0.25) is 5.82 Å². The molecule has 0 radical (unpaired) electrons. The SMILES string of the molecule is NC(=O)OC1CC(COc2cnc(C(F)(F)F)nc2)C1. The first-order valence-electron chi connectivity index (χ1n) is 5.82. The van der Waals surface area contributed by atoms with Gasteiger partial charge in [-0.05, 0) is 18.8 Å². The number of carbonyl (C=O) groups is 1. The topological polar surface area (TPSA) is 87.3 Å². The zero-order valence-electron chi connectivity index (χ0n) is 10.3. The highest BCUT2D eigenvalue weighted by molar-refractivity contribution is 5.64. The second-order valence-electron chi connectivity index (χ2n) is 4.45. The summed E-state index contributed by atoms with van der Waals surface area (Å²) in [5.74, 6) is -0.873. The van der Waals surface area contributed by atoms with E-state index in [9.17, 15) is 18.0 Å². The molecule has 1 fully saturated rings. The van der Waals surface area contributed by atoms with Crippen molar-refractivity contribution in [1.82, 2.24) is 9.97 Å². The number of primary amides is 1. The average molecular weight is 291 g/mol. The average Bonchev–Trinajstić information content (AvgIpc) is 2.31. The number of hydrogen-bond donors (Lipinski definition) is 1. The maximum atomic E-state index is 12.2. The van der Waals surface area contributed by atoms with E-state index in [2.05, 4.69) is 9.97 Å². The van der Waals surface area contributed by atoms with Crippen LogP contribution in [0.4, 0.5) is 18.0 Å². The van der Waals surface area contributed by atoms with Crippen LogP contribution in [0.1, 0.15) is 18.7 Å². The summed E-state index contributed by atoms with van der Waals surface area (Å²) in [6, 6.07) is 0. The largest absolute Gasteiger partial charge is 0.490 e. The Bertz CT molecular complexity index is 472. The molecule has 0 aliphatic heterocycles. The Morgan fingerprint density at radius 1 is 1.35 bits per heavy atom. The van der Waals surface area contributed by atoms with E-state index < -0.39 is 18.1 Å². The second-order valence-corrected chi connectivity index (χ2v) is 4.45. The zero-order valence-corrected chi connectivity index (χ0v) is 10.3. The molecule has 9 heteroatoms. The number of hydrogen-bond acceptors (Lipinski definition) is 5. The quantitative estimate of drug-likeness (QED) is 0.913. The zero-order chi connectivity index (χ0) is 14.8. The normalized spacial score (nSPS) is 21.9. The van der Waals surface area contributed by atoms with Crippen LogP contribution in [0.15, 0.2) is 12.4 Å². The molecule has 2 rings (SSSR count). The second kappa shape index (κ2) is 5.51. The molecule has 1 heterocycles. The van der Waals surface area contributed by atoms with Crippen LogP contribution in [-0.4, -0.2) is 28.8 Å². The summed E-state index contributed by atoms with van der Waals surface area (Å²) in [6.07, 6.45) is -2.39. The minimum Gasteiger partial charge on any atom is -0.490 e. The maximum absolute atomic E-state index is 12.2. The lowest BCUT2D eigenvalue weighted by Crippen LogP contribution is -2.37. The Kier molecular flexibility index (Phi) is 3.96. The van der Waals surface area contributed by atoms with E-state index in [0.717, 1.165) is 12.4 Å². The van der Waals surface area contributed by atoms with Gasteiger partial charge in [0.1, 0.15) is 6.10 Å². The fraction of sp³-hybridized carbons (Fsp3) is 0.545. The molecular formula is C11H12F3N3O3. The van der Waals surface area contributed by atoms with E-state index in [-0.39, 0.29) is 17.8 Å². The Morgan fingerprint density at radius 2 is 1.95 bits per heavy atom. The van der Waals surface area contributed by atoms with E-state index in [4.69, 9.17) is 15.2 Å². The predicted octanol–water partition coefficient (Wildman–Crippen LogP) is 1.75. The maximum Gasteiger partial charge on any atom is 0.451 e. The number of halogens is 3. The molecule has 20 heavy (non-hydrogen) atoms. The van der Waals surface area contributed by atoms with E-state index in [1.54, 1.807) is 0 Å². The summed E-state index contributed by atoms with van der Waals surface area (Å²) in [5, 5.41) is 0. The van der Waals surface area contributed by atoms with Crippen molar-refractivity contribution >= 4 is 6.09 Å². The third-order valence-corrected chi connectivity index (χ3v) is 2.84. The Labute approximate surface area is 112 Å². The number of aromatic nitrogens is 2. The first-order valence-corrected chi connectivity index (χ1v) is 5.82. The predicted molar refractivity (Wildman–Crippen MR) is 59.7 cm³/mol. The Balaban J connectivity index is 1.74. The van der Waals surface area contributed by atoms with Crippen LogP contribution < -0.4 is 10.5 Å². The van der Waals surface area contributed by atoms with Crippen LogP contribution in [-0.2, 0) is 10.9 Å². The molecule has 1 saturated carbocycles. The van der Waals surface area contributed by atoms with E-state index >= 15 is 0 Å². The van der Waals surface area contributed by atoms with Crippen LogP contribution in [0.3, 0.4) is 0 Å². The van der Waals surface area contributed by atoms with Gasteiger partial charge in [0.15, 0.2) is 5.75 Å². The third kappa shape index (κ3) is 3.72. The fourth-order valence-electron chi connectivity index (χ4n) is 1.82. The van der Waals surface area contributed by atoms with Crippen molar-refractivity contribution in [2.75, 3.05) is 6.61 Å². The molecule has 1 aromatic heterocycles. The van der Waals surface area contributed by atoms with Gasteiger partial charge < -0.3 is 15.2 Å². The van der Waals surface area contributed by atoms with Crippen LogP contribution in [0.25, 0.3) is 0 Å². The lowest BCUT2D eigenvalue weighted by Gasteiger charge is -2.33. The molecule has 1 amide bonds. The molecule has 6 nitrogen and oxygen atoms in total. The van der Waals surface area contributed by atoms with Gasteiger partial charge in [-0.25, -0.2) is 14.8 Å². The molecule has 0 atom stereocenters. The molecule has 0 saturated heterocycles. The molecule has 0 aromatic carbocycles. The number of carbonyl (C=O) groups excluding carboxylic acids is 1. The molecule has 1 aliphatic carbocycles. The van der Waals surface area contributed by atoms with E-state index in [1.807, 2.05) is 0 Å². The van der Waals surface area contributed by atoms with Crippen molar-refractivity contribution in [1.29, 1.82) is 0 Å². The van der Waals surface area contributed by atoms with Crippen molar-refractivity contribution in [3.05, 3.63) is 18.2 Å². The lowest BCUT2D eigenvalue weighted by atomic mass is 9.83. The first kappa shape index (κ1) is 14.4. The van der Waals surface area contributed by atoms with Gasteiger partial charge in [0.05, 0.1) is 19.0 Å². The number of nitrogens with zero attached hydrogens (tertiary/aromatic N) is 2. The highest BCUT2D eigenvalue weighted by Crippen LogP contribution is 2.31. The van der Waals surface area contributed by atoms with Crippen LogP contribution >= 0.6 is 0 Å². The molecule has 2 N–H and O–H groups in total. The van der Waals surface area contributed by atoms with Crippen LogP contribution in [0.2, 0.25) is 0 Å². The monoisotopic (exact) mass is 291 g/mol. The molecular weight excluding hydrogens is 279 g/mol. The summed E-state index contributed by atoms with van der Waals surface area (Å²) in [4.78, 5) is 16.8. The molecule has 1 aliphatic rings. The van der Waals surface area contributed by atoms with Crippen molar-refractivity contribution in [3.8, 4) is 5.75 Å². The smallest absolute Gasteiger partial charge is 0.451 e. The van der Waals surface area contributed by atoms with Gasteiger partial charge in [-0.2, -0.15) is 13.2 Å². The Hall–Kier alpha value is -2.06. The van der Waals surface area contributed by atoms with Crippen molar-refractivity contribution in [2.45, 2.75) is 25.1 Å². The summed E-state index contributed by atoms with van der Waals surface area (Å²) in [7, 11) is 0. The number of nitrogens with two attached hydrogens (primary N) is 1. The minimum absolute atomic E-state index is 0.164. The summed E-state index contributed by atoms with van der Waals surface area (Å²) in [6.45, 7) is 0.299.